The summed E-state index contributed by atoms with van der Waals surface area (Å²) in [5.41, 5.74) is 7.68. The molecule has 0 unspecified atom stereocenters. The Balaban J connectivity index is 2.15. The number of rotatable bonds is 4. The number of benzene rings is 1. The molecule has 19 heavy (non-hydrogen) atoms. The van der Waals surface area contributed by atoms with Crippen molar-refractivity contribution in [3.63, 3.8) is 0 Å². The lowest BCUT2D eigenvalue weighted by Gasteiger charge is -2.09. The van der Waals surface area contributed by atoms with Gasteiger partial charge in [-0.15, -0.1) is 11.3 Å². The highest BCUT2D eigenvalue weighted by Crippen LogP contribution is 2.26. The third kappa shape index (κ3) is 3.19. The summed E-state index contributed by atoms with van der Waals surface area (Å²) in [5.74, 6) is -0.393. The minimum Gasteiger partial charge on any atom is -0.465 e. The fraction of sp³-hybridized carbons (Fsp3) is 0.154. The Hall–Kier alpha value is -1.72. The van der Waals surface area contributed by atoms with Crippen LogP contribution >= 0.6 is 22.9 Å². The quantitative estimate of drug-likeness (QED) is 0.849. The van der Waals surface area contributed by atoms with Crippen molar-refractivity contribution in [2.45, 2.75) is 6.54 Å². The predicted molar refractivity (Wildman–Crippen MR) is 78.8 cm³/mol. The van der Waals surface area contributed by atoms with Gasteiger partial charge in [-0.1, -0.05) is 11.6 Å². The summed E-state index contributed by atoms with van der Waals surface area (Å²) in [5, 5.41) is 5.64. The van der Waals surface area contributed by atoms with Gasteiger partial charge in [-0.2, -0.15) is 0 Å². The van der Waals surface area contributed by atoms with Crippen molar-refractivity contribution in [1.82, 2.24) is 0 Å². The van der Waals surface area contributed by atoms with Gasteiger partial charge in [0, 0.05) is 10.6 Å². The zero-order chi connectivity index (χ0) is 13.8. The molecule has 100 valence electrons. The monoisotopic (exact) mass is 296 g/mol. The number of carbonyl (C=O) groups is 1. The lowest BCUT2D eigenvalue weighted by molar-refractivity contribution is 0.0601. The van der Waals surface area contributed by atoms with Gasteiger partial charge in [-0.25, -0.2) is 4.79 Å². The Morgan fingerprint density at radius 3 is 2.89 bits per heavy atom. The largest absolute Gasteiger partial charge is 0.465 e. The van der Waals surface area contributed by atoms with Gasteiger partial charge >= 0.3 is 5.97 Å². The first kappa shape index (κ1) is 13.7. The topological polar surface area (TPSA) is 64.3 Å². The van der Waals surface area contributed by atoms with E-state index in [9.17, 15) is 4.79 Å². The van der Waals surface area contributed by atoms with Crippen LogP contribution in [0, 0.1) is 0 Å². The Bertz CT molecular complexity index is 598. The third-order valence-electron chi connectivity index (χ3n) is 2.61. The van der Waals surface area contributed by atoms with Crippen LogP contribution in [0.3, 0.4) is 0 Å². The van der Waals surface area contributed by atoms with E-state index in [-0.39, 0.29) is 0 Å². The van der Waals surface area contributed by atoms with E-state index in [1.807, 2.05) is 11.4 Å². The van der Waals surface area contributed by atoms with E-state index in [0.29, 0.717) is 22.8 Å². The van der Waals surface area contributed by atoms with Crippen LogP contribution in [-0.2, 0) is 11.3 Å². The van der Waals surface area contributed by atoms with Crippen LogP contribution in [0.2, 0.25) is 5.02 Å². The summed E-state index contributed by atoms with van der Waals surface area (Å²) in [6.45, 7) is 0.563. The van der Waals surface area contributed by atoms with Crippen LogP contribution in [-0.4, -0.2) is 13.1 Å². The molecule has 2 aromatic rings. The molecule has 0 saturated carbocycles. The highest BCUT2D eigenvalue weighted by atomic mass is 35.5. The highest BCUT2D eigenvalue weighted by molar-refractivity contribution is 7.10. The molecule has 0 aliphatic rings. The lowest BCUT2D eigenvalue weighted by atomic mass is 10.2. The van der Waals surface area contributed by atoms with E-state index in [2.05, 4.69) is 10.1 Å². The van der Waals surface area contributed by atoms with Crippen molar-refractivity contribution in [1.29, 1.82) is 0 Å². The van der Waals surface area contributed by atoms with Crippen molar-refractivity contribution in [2.75, 3.05) is 18.2 Å². The molecular weight excluding hydrogens is 284 g/mol. The number of nitrogens with one attached hydrogen (secondary N) is 1. The minimum atomic E-state index is -0.393. The number of esters is 1. The van der Waals surface area contributed by atoms with Crippen LogP contribution in [0.15, 0.2) is 29.6 Å². The van der Waals surface area contributed by atoms with E-state index in [1.54, 1.807) is 29.5 Å². The molecule has 0 aliphatic carbocycles. The molecule has 3 N–H and O–H groups in total. The summed E-state index contributed by atoms with van der Waals surface area (Å²) >= 11 is 7.65. The smallest absolute Gasteiger partial charge is 0.337 e. The summed E-state index contributed by atoms with van der Waals surface area (Å²) in [7, 11) is 1.34. The summed E-state index contributed by atoms with van der Waals surface area (Å²) in [4.78, 5) is 12.5. The van der Waals surface area contributed by atoms with Crippen LogP contribution in [0.1, 0.15) is 15.2 Å². The van der Waals surface area contributed by atoms with E-state index in [0.717, 1.165) is 10.6 Å². The van der Waals surface area contributed by atoms with Crippen LogP contribution in [0.4, 0.5) is 11.4 Å². The van der Waals surface area contributed by atoms with E-state index in [1.165, 1.54) is 7.11 Å². The Morgan fingerprint density at radius 1 is 1.47 bits per heavy atom. The molecule has 1 aromatic heterocycles. The molecule has 0 radical (unpaired) electrons. The fourth-order valence-corrected chi connectivity index (χ4v) is 2.50. The molecule has 0 fully saturated rings. The average Bonchev–Trinajstić information content (AvgIpc) is 2.82. The van der Waals surface area contributed by atoms with Crippen LogP contribution < -0.4 is 11.1 Å². The number of anilines is 2. The lowest BCUT2D eigenvalue weighted by Crippen LogP contribution is -2.04. The van der Waals surface area contributed by atoms with Crippen molar-refractivity contribution in [3.05, 3.63) is 45.1 Å². The Morgan fingerprint density at radius 2 is 2.26 bits per heavy atom. The molecular formula is C13H13ClN2O2S. The van der Waals surface area contributed by atoms with Gasteiger partial charge in [0.05, 0.1) is 29.9 Å². The van der Waals surface area contributed by atoms with Gasteiger partial charge in [0.15, 0.2) is 0 Å². The number of nitrogen functional groups attached to an aromatic ring is 1. The molecule has 1 aromatic carbocycles. The SMILES string of the molecule is COC(=O)c1ccc(Cl)c(NCc2sccc2N)c1. The van der Waals surface area contributed by atoms with Gasteiger partial charge < -0.3 is 15.8 Å². The molecule has 1 heterocycles. The predicted octanol–water partition coefficient (Wildman–Crippen LogP) is 3.38. The van der Waals surface area contributed by atoms with Crippen molar-refractivity contribution in [3.8, 4) is 0 Å². The molecule has 0 amide bonds. The molecule has 4 nitrogen and oxygen atoms in total. The third-order valence-corrected chi connectivity index (χ3v) is 3.87. The number of hydrogen-bond acceptors (Lipinski definition) is 5. The second kappa shape index (κ2) is 5.95. The Labute approximate surface area is 120 Å². The maximum absolute atomic E-state index is 11.5. The average molecular weight is 297 g/mol. The number of hydrogen-bond donors (Lipinski definition) is 2. The van der Waals surface area contributed by atoms with Gasteiger partial charge in [0.2, 0.25) is 0 Å². The molecule has 0 atom stereocenters. The first-order valence-electron chi connectivity index (χ1n) is 5.55. The number of ether oxygens (including phenoxy) is 1. The number of methoxy groups -OCH3 is 1. The standard InChI is InChI=1S/C13H13ClN2O2S/c1-18-13(17)8-2-3-9(14)11(6-8)16-7-12-10(15)4-5-19-12/h2-6,16H,7,15H2,1H3. The number of carbonyl (C=O) groups excluding carboxylic acids is 1. The molecule has 0 aliphatic heterocycles. The minimum absolute atomic E-state index is 0.393. The second-order valence-corrected chi connectivity index (χ2v) is 5.25. The van der Waals surface area contributed by atoms with Gasteiger partial charge in [-0.05, 0) is 29.6 Å². The zero-order valence-corrected chi connectivity index (χ0v) is 11.8. The summed E-state index contributed by atoms with van der Waals surface area (Å²) in [6, 6.07) is 6.80. The van der Waals surface area contributed by atoms with Crippen molar-refractivity contribution >= 4 is 40.3 Å². The van der Waals surface area contributed by atoms with Crippen molar-refractivity contribution in [2.24, 2.45) is 0 Å². The zero-order valence-electron chi connectivity index (χ0n) is 10.3. The van der Waals surface area contributed by atoms with Gasteiger partial charge in [0.25, 0.3) is 0 Å². The normalized spacial score (nSPS) is 10.2. The van der Waals surface area contributed by atoms with Crippen LogP contribution in [0.5, 0.6) is 0 Å². The molecule has 0 bridgehead atoms. The summed E-state index contributed by atoms with van der Waals surface area (Å²) in [6.07, 6.45) is 0. The van der Waals surface area contributed by atoms with E-state index >= 15 is 0 Å². The number of nitrogens with two attached hydrogens (primary N) is 1. The molecule has 2 rings (SSSR count). The number of thiophene rings is 1. The highest BCUT2D eigenvalue weighted by Gasteiger charge is 2.09. The first-order valence-corrected chi connectivity index (χ1v) is 6.81. The first-order chi connectivity index (χ1) is 9.11. The Kier molecular flexibility index (Phi) is 4.29. The summed E-state index contributed by atoms with van der Waals surface area (Å²) < 4.78 is 4.67. The van der Waals surface area contributed by atoms with Gasteiger partial charge in [-0.3, -0.25) is 0 Å². The number of halogens is 1. The maximum atomic E-state index is 11.5. The van der Waals surface area contributed by atoms with Crippen molar-refractivity contribution < 1.29 is 9.53 Å². The van der Waals surface area contributed by atoms with Crippen LogP contribution in [0.25, 0.3) is 0 Å². The van der Waals surface area contributed by atoms with E-state index in [4.69, 9.17) is 17.3 Å². The van der Waals surface area contributed by atoms with E-state index < -0.39 is 5.97 Å². The molecule has 0 saturated heterocycles. The maximum Gasteiger partial charge on any atom is 0.337 e. The second-order valence-electron chi connectivity index (χ2n) is 3.84. The van der Waals surface area contributed by atoms with Gasteiger partial charge in [0.1, 0.15) is 0 Å². The fourth-order valence-electron chi connectivity index (χ4n) is 1.58. The molecule has 0 spiro atoms. The molecule has 6 heteroatoms.